The quantitative estimate of drug-likeness (QED) is 0.852. The molecule has 98 valence electrons. The van der Waals surface area contributed by atoms with Crippen LogP contribution in [0.1, 0.15) is 17.3 Å². The van der Waals surface area contributed by atoms with E-state index in [1.165, 1.54) is 4.90 Å². The van der Waals surface area contributed by atoms with Gasteiger partial charge in [0.15, 0.2) is 0 Å². The van der Waals surface area contributed by atoms with Gasteiger partial charge in [0.25, 0.3) is 5.91 Å². The number of hydrogen-bond acceptors (Lipinski definition) is 3. The second-order valence-corrected chi connectivity index (χ2v) is 4.88. The summed E-state index contributed by atoms with van der Waals surface area (Å²) >= 11 is 3.22. The van der Waals surface area contributed by atoms with Crippen LogP contribution < -0.4 is 5.32 Å². The van der Waals surface area contributed by atoms with Gasteiger partial charge in [0, 0.05) is 32.4 Å². The summed E-state index contributed by atoms with van der Waals surface area (Å²) < 4.78 is 0.612. The standard InChI is InChI=1S/C12H16BrN3O2/c1-8(11(17)14-2)7-16(3)12(18)9-4-5-15-10(13)6-9/h4-6,8H,7H2,1-3H3,(H,14,17). The number of nitrogens with zero attached hydrogens (tertiary/aromatic N) is 2. The Kier molecular flexibility index (Phi) is 5.27. The summed E-state index contributed by atoms with van der Waals surface area (Å²) in [5.41, 5.74) is 0.545. The van der Waals surface area contributed by atoms with Crippen molar-refractivity contribution in [1.29, 1.82) is 0 Å². The fraction of sp³-hybridized carbons (Fsp3) is 0.417. The van der Waals surface area contributed by atoms with Gasteiger partial charge >= 0.3 is 0 Å². The highest BCUT2D eigenvalue weighted by atomic mass is 79.9. The largest absolute Gasteiger partial charge is 0.359 e. The first-order valence-electron chi connectivity index (χ1n) is 5.54. The highest BCUT2D eigenvalue weighted by Gasteiger charge is 2.18. The normalized spacial score (nSPS) is 11.8. The molecular weight excluding hydrogens is 298 g/mol. The Labute approximate surface area is 115 Å². The van der Waals surface area contributed by atoms with Crippen molar-refractivity contribution in [1.82, 2.24) is 15.2 Å². The lowest BCUT2D eigenvalue weighted by Crippen LogP contribution is -2.37. The Morgan fingerprint density at radius 2 is 2.22 bits per heavy atom. The zero-order valence-corrected chi connectivity index (χ0v) is 12.2. The number of pyridine rings is 1. The van der Waals surface area contributed by atoms with E-state index in [0.717, 1.165) is 0 Å². The van der Waals surface area contributed by atoms with E-state index in [9.17, 15) is 9.59 Å². The molecule has 0 aliphatic carbocycles. The maximum absolute atomic E-state index is 12.1. The number of nitrogens with one attached hydrogen (secondary N) is 1. The number of carbonyl (C=O) groups excluding carboxylic acids is 2. The molecule has 0 saturated heterocycles. The zero-order chi connectivity index (χ0) is 13.7. The van der Waals surface area contributed by atoms with Crippen LogP contribution in [0.3, 0.4) is 0 Å². The summed E-state index contributed by atoms with van der Waals surface area (Å²) in [6.07, 6.45) is 1.56. The Balaban J connectivity index is 2.70. The summed E-state index contributed by atoms with van der Waals surface area (Å²) in [4.78, 5) is 29.0. The number of carbonyl (C=O) groups is 2. The molecule has 0 radical (unpaired) electrons. The number of hydrogen-bond donors (Lipinski definition) is 1. The molecule has 6 heteroatoms. The second-order valence-electron chi connectivity index (χ2n) is 4.07. The van der Waals surface area contributed by atoms with Gasteiger partial charge in [0.2, 0.25) is 5.91 Å². The third kappa shape index (κ3) is 3.80. The maximum atomic E-state index is 12.1. The van der Waals surface area contributed by atoms with E-state index in [0.29, 0.717) is 16.7 Å². The number of aromatic nitrogens is 1. The van der Waals surface area contributed by atoms with E-state index in [2.05, 4.69) is 26.2 Å². The molecule has 0 aliphatic heterocycles. The van der Waals surface area contributed by atoms with Crippen LogP contribution in [0, 0.1) is 5.92 Å². The predicted molar refractivity (Wildman–Crippen MR) is 72.1 cm³/mol. The zero-order valence-electron chi connectivity index (χ0n) is 10.6. The van der Waals surface area contributed by atoms with Gasteiger partial charge in [-0.15, -0.1) is 0 Å². The molecule has 1 aromatic rings. The van der Waals surface area contributed by atoms with E-state index in [4.69, 9.17) is 0 Å². The van der Waals surface area contributed by atoms with Crippen LogP contribution in [0.5, 0.6) is 0 Å². The van der Waals surface area contributed by atoms with Crippen molar-refractivity contribution in [2.24, 2.45) is 5.92 Å². The fourth-order valence-electron chi connectivity index (χ4n) is 1.58. The average Bonchev–Trinajstić information content (AvgIpc) is 2.36. The summed E-state index contributed by atoms with van der Waals surface area (Å²) in [6, 6.07) is 3.30. The van der Waals surface area contributed by atoms with Gasteiger partial charge < -0.3 is 10.2 Å². The van der Waals surface area contributed by atoms with Gasteiger partial charge in [-0.3, -0.25) is 9.59 Å². The van der Waals surface area contributed by atoms with Crippen LogP contribution in [0.25, 0.3) is 0 Å². The van der Waals surface area contributed by atoms with Gasteiger partial charge in [-0.05, 0) is 28.1 Å². The summed E-state index contributed by atoms with van der Waals surface area (Å²) in [5.74, 6) is -0.450. The third-order valence-electron chi connectivity index (χ3n) is 2.56. The molecule has 0 aromatic carbocycles. The molecule has 0 bridgehead atoms. The van der Waals surface area contributed by atoms with Crippen molar-refractivity contribution >= 4 is 27.7 Å². The first kappa shape index (κ1) is 14.6. The SMILES string of the molecule is CNC(=O)C(C)CN(C)C(=O)c1ccnc(Br)c1. The monoisotopic (exact) mass is 313 g/mol. The minimum absolute atomic E-state index is 0.0782. The Morgan fingerprint density at radius 3 is 2.78 bits per heavy atom. The maximum Gasteiger partial charge on any atom is 0.253 e. The Morgan fingerprint density at radius 1 is 1.56 bits per heavy atom. The molecule has 1 rings (SSSR count). The molecule has 0 spiro atoms. The van der Waals surface area contributed by atoms with Crippen LogP contribution >= 0.6 is 15.9 Å². The molecule has 0 saturated carbocycles. The molecule has 18 heavy (non-hydrogen) atoms. The highest BCUT2D eigenvalue weighted by Crippen LogP contribution is 2.11. The van der Waals surface area contributed by atoms with Crippen molar-refractivity contribution in [3.05, 3.63) is 28.5 Å². The van der Waals surface area contributed by atoms with E-state index in [-0.39, 0.29) is 17.7 Å². The minimum atomic E-state index is -0.241. The summed E-state index contributed by atoms with van der Waals surface area (Å²) in [7, 11) is 3.26. The lowest BCUT2D eigenvalue weighted by Gasteiger charge is -2.20. The van der Waals surface area contributed by atoms with Crippen molar-refractivity contribution in [3.8, 4) is 0 Å². The highest BCUT2D eigenvalue weighted by molar-refractivity contribution is 9.10. The smallest absolute Gasteiger partial charge is 0.253 e. The van der Waals surface area contributed by atoms with Crippen molar-refractivity contribution in [2.45, 2.75) is 6.92 Å². The molecule has 1 heterocycles. The number of amides is 2. The molecule has 1 unspecified atom stereocenters. The van der Waals surface area contributed by atoms with Gasteiger partial charge in [-0.2, -0.15) is 0 Å². The van der Waals surface area contributed by atoms with Gasteiger partial charge in [0.1, 0.15) is 4.60 Å². The third-order valence-corrected chi connectivity index (χ3v) is 3.00. The van der Waals surface area contributed by atoms with Crippen LogP contribution in [-0.4, -0.2) is 42.3 Å². The molecule has 2 amide bonds. The van der Waals surface area contributed by atoms with Crippen molar-refractivity contribution < 1.29 is 9.59 Å². The lowest BCUT2D eigenvalue weighted by atomic mass is 10.1. The van der Waals surface area contributed by atoms with Gasteiger partial charge in [-0.25, -0.2) is 4.98 Å². The predicted octanol–water partition coefficient (Wildman–Crippen LogP) is 1.30. The molecular formula is C12H16BrN3O2. The van der Waals surface area contributed by atoms with Crippen LogP contribution in [0.2, 0.25) is 0 Å². The minimum Gasteiger partial charge on any atom is -0.359 e. The van der Waals surface area contributed by atoms with Gasteiger partial charge in [-0.1, -0.05) is 6.92 Å². The first-order valence-corrected chi connectivity index (χ1v) is 6.33. The summed E-state index contributed by atoms with van der Waals surface area (Å²) in [5, 5.41) is 2.56. The first-order chi connectivity index (χ1) is 8.45. The van der Waals surface area contributed by atoms with Gasteiger partial charge in [0.05, 0.1) is 5.92 Å². The van der Waals surface area contributed by atoms with E-state index in [1.54, 1.807) is 39.3 Å². The number of halogens is 1. The molecule has 1 N–H and O–H groups in total. The average molecular weight is 314 g/mol. The second kappa shape index (κ2) is 6.49. The Hall–Kier alpha value is -1.43. The lowest BCUT2D eigenvalue weighted by molar-refractivity contribution is -0.124. The molecule has 5 nitrogen and oxygen atoms in total. The van der Waals surface area contributed by atoms with Crippen LogP contribution in [0.15, 0.2) is 22.9 Å². The molecule has 1 aromatic heterocycles. The number of rotatable bonds is 4. The summed E-state index contributed by atoms with van der Waals surface area (Å²) in [6.45, 7) is 2.16. The van der Waals surface area contributed by atoms with Crippen molar-refractivity contribution in [2.75, 3.05) is 20.6 Å². The molecule has 0 fully saturated rings. The van der Waals surface area contributed by atoms with E-state index < -0.39 is 0 Å². The van der Waals surface area contributed by atoms with E-state index in [1.807, 2.05) is 0 Å². The fourth-order valence-corrected chi connectivity index (χ4v) is 1.94. The van der Waals surface area contributed by atoms with Crippen molar-refractivity contribution in [3.63, 3.8) is 0 Å². The molecule has 1 atom stereocenters. The van der Waals surface area contributed by atoms with Crippen LogP contribution in [-0.2, 0) is 4.79 Å². The van der Waals surface area contributed by atoms with E-state index >= 15 is 0 Å². The topological polar surface area (TPSA) is 62.3 Å². The molecule has 0 aliphatic rings. The Bertz CT molecular complexity index is 451. The van der Waals surface area contributed by atoms with Crippen LogP contribution in [0.4, 0.5) is 0 Å².